The maximum absolute atomic E-state index is 2.67. The fourth-order valence-corrected chi connectivity index (χ4v) is 7.90. The quantitative estimate of drug-likeness (QED) is 0.366. The van der Waals surface area contributed by atoms with Crippen molar-refractivity contribution in [2.75, 3.05) is 0 Å². The van der Waals surface area contributed by atoms with Crippen LogP contribution in [0.4, 0.5) is 0 Å². The maximum Gasteiger partial charge on any atom is -0.0212 e. The molecule has 0 amide bonds. The summed E-state index contributed by atoms with van der Waals surface area (Å²) in [6.07, 6.45) is 3.94. The van der Waals surface area contributed by atoms with Crippen molar-refractivity contribution in [3.8, 4) is 0 Å². The summed E-state index contributed by atoms with van der Waals surface area (Å²) >= 11 is 0. The van der Waals surface area contributed by atoms with Gasteiger partial charge in [0.15, 0.2) is 0 Å². The predicted octanol–water partition coefficient (Wildman–Crippen LogP) is 10.1. The van der Waals surface area contributed by atoms with Crippen LogP contribution >= 0.6 is 0 Å². The molecule has 0 bridgehead atoms. The molecule has 0 radical (unpaired) electrons. The number of hydrogen-bond donors (Lipinski definition) is 0. The van der Waals surface area contributed by atoms with E-state index in [4.69, 9.17) is 0 Å². The highest BCUT2D eigenvalue weighted by atomic mass is 14.7. The molecule has 0 heterocycles. The van der Waals surface area contributed by atoms with E-state index < -0.39 is 0 Å². The van der Waals surface area contributed by atoms with Crippen molar-refractivity contribution in [2.45, 2.75) is 130 Å². The van der Waals surface area contributed by atoms with Crippen LogP contribution in [0.2, 0.25) is 0 Å². The monoisotopic (exact) mass is 420 g/mol. The van der Waals surface area contributed by atoms with Crippen LogP contribution in [0.5, 0.6) is 0 Å². The lowest BCUT2D eigenvalue weighted by atomic mass is 9.32. The second-order valence-electron chi connectivity index (χ2n) is 14.8. The summed E-state index contributed by atoms with van der Waals surface area (Å²) in [7, 11) is 0. The van der Waals surface area contributed by atoms with Gasteiger partial charge >= 0.3 is 0 Å². The predicted molar refractivity (Wildman–Crippen MR) is 138 cm³/mol. The largest absolute Gasteiger partial charge is 0.0651 e. The van der Waals surface area contributed by atoms with Gasteiger partial charge in [-0.3, -0.25) is 0 Å². The van der Waals surface area contributed by atoms with Crippen LogP contribution in [0, 0.1) is 62.6 Å². The van der Waals surface area contributed by atoms with E-state index >= 15 is 0 Å². The van der Waals surface area contributed by atoms with Gasteiger partial charge in [-0.05, 0) is 69.0 Å². The third-order valence-electron chi connectivity index (χ3n) is 11.2. The number of hydrogen-bond acceptors (Lipinski definition) is 0. The third-order valence-corrected chi connectivity index (χ3v) is 11.2. The Morgan fingerprint density at radius 2 is 1.27 bits per heavy atom. The first-order chi connectivity index (χ1) is 13.2. The van der Waals surface area contributed by atoms with Gasteiger partial charge in [0.25, 0.3) is 0 Å². The van der Waals surface area contributed by atoms with Crippen molar-refractivity contribution in [2.24, 2.45) is 62.6 Å². The van der Waals surface area contributed by atoms with Gasteiger partial charge in [-0.15, -0.1) is 0 Å². The Bertz CT molecular complexity index is 552. The van der Waals surface area contributed by atoms with Crippen molar-refractivity contribution < 1.29 is 0 Å². The summed E-state index contributed by atoms with van der Waals surface area (Å²) in [5.74, 6) is 4.84. The first-order valence-corrected chi connectivity index (χ1v) is 13.2. The summed E-state index contributed by atoms with van der Waals surface area (Å²) < 4.78 is 0. The average Bonchev–Trinajstić information content (AvgIpc) is 2.55. The van der Waals surface area contributed by atoms with E-state index in [1.165, 1.54) is 19.3 Å². The van der Waals surface area contributed by atoms with Gasteiger partial charge in [0, 0.05) is 0 Å². The minimum atomic E-state index is 0.290. The molecule has 6 atom stereocenters. The molecule has 1 aliphatic rings. The zero-order chi connectivity index (χ0) is 24.1. The molecule has 0 aromatic rings. The zero-order valence-electron chi connectivity index (χ0n) is 24.1. The highest BCUT2D eigenvalue weighted by Crippen LogP contribution is 2.73. The second kappa shape index (κ2) is 8.74. The smallest absolute Gasteiger partial charge is 0.0212 e. The lowest BCUT2D eigenvalue weighted by Crippen LogP contribution is -2.67. The van der Waals surface area contributed by atoms with Gasteiger partial charge < -0.3 is 0 Å². The molecule has 180 valence electrons. The Hall–Kier alpha value is 0. The van der Waals surface area contributed by atoms with Gasteiger partial charge in [0.1, 0.15) is 0 Å². The van der Waals surface area contributed by atoms with Crippen molar-refractivity contribution >= 4 is 0 Å². The summed E-state index contributed by atoms with van der Waals surface area (Å²) in [6.45, 7) is 40.3. The highest BCUT2D eigenvalue weighted by molar-refractivity contribution is 5.15. The zero-order valence-corrected chi connectivity index (χ0v) is 24.1. The van der Waals surface area contributed by atoms with E-state index in [2.05, 4.69) is 111 Å². The maximum atomic E-state index is 2.67. The van der Waals surface area contributed by atoms with Crippen LogP contribution in [0.15, 0.2) is 0 Å². The van der Waals surface area contributed by atoms with Crippen LogP contribution in [-0.4, -0.2) is 0 Å². The van der Waals surface area contributed by atoms with Crippen LogP contribution < -0.4 is 0 Å². The van der Waals surface area contributed by atoms with Gasteiger partial charge in [-0.1, -0.05) is 124 Å². The second-order valence-corrected chi connectivity index (χ2v) is 14.8. The molecule has 0 N–H and O–H groups in total. The Morgan fingerprint density at radius 3 is 1.53 bits per heavy atom. The molecule has 0 nitrogen and oxygen atoms in total. The Kier molecular flexibility index (Phi) is 8.17. The summed E-state index contributed by atoms with van der Waals surface area (Å²) in [4.78, 5) is 0. The van der Waals surface area contributed by atoms with Gasteiger partial charge in [-0.2, -0.15) is 0 Å². The molecular weight excluding hydrogens is 360 g/mol. The van der Waals surface area contributed by atoms with Crippen molar-refractivity contribution in [3.05, 3.63) is 0 Å². The van der Waals surface area contributed by atoms with E-state index in [0.717, 1.165) is 35.5 Å². The summed E-state index contributed by atoms with van der Waals surface area (Å²) in [5.41, 5.74) is 1.65. The lowest BCUT2D eigenvalue weighted by Gasteiger charge is -2.72. The van der Waals surface area contributed by atoms with E-state index in [9.17, 15) is 0 Å². The van der Waals surface area contributed by atoms with Crippen molar-refractivity contribution in [1.29, 1.82) is 0 Å². The average molecular weight is 421 g/mol. The van der Waals surface area contributed by atoms with Gasteiger partial charge in [-0.25, -0.2) is 0 Å². The molecule has 0 aliphatic heterocycles. The van der Waals surface area contributed by atoms with E-state index in [-0.39, 0.29) is 5.41 Å². The van der Waals surface area contributed by atoms with Crippen molar-refractivity contribution in [1.82, 2.24) is 0 Å². The molecule has 1 fully saturated rings. The first kappa shape index (κ1) is 28.0. The molecule has 0 heteroatoms. The van der Waals surface area contributed by atoms with Crippen LogP contribution in [0.1, 0.15) is 130 Å². The first-order valence-electron chi connectivity index (χ1n) is 13.2. The molecule has 30 heavy (non-hydrogen) atoms. The highest BCUT2D eigenvalue weighted by Gasteiger charge is 2.67. The number of rotatable bonds is 8. The molecule has 0 aromatic carbocycles. The van der Waals surface area contributed by atoms with Crippen LogP contribution in [0.3, 0.4) is 0 Å². The fraction of sp³-hybridized carbons (Fsp3) is 1.00. The Balaban J connectivity index is 3.69. The molecule has 1 rings (SSSR count). The van der Waals surface area contributed by atoms with Gasteiger partial charge in [0.05, 0.1) is 0 Å². The minimum absolute atomic E-state index is 0.290. The normalized spacial score (nSPS) is 31.6. The van der Waals surface area contributed by atoms with Crippen LogP contribution in [-0.2, 0) is 0 Å². The SMILES string of the molecule is CCC(C(C)C)C1C(CC(C)(C(C)(C)C)C(C)(C)CC)C(C)(C(C)(C)C)C1C(C)C. The van der Waals surface area contributed by atoms with E-state index in [1.54, 1.807) is 0 Å². The molecular formula is C30H60. The fourth-order valence-electron chi connectivity index (χ4n) is 7.90. The standard InChI is InChI=1S/C30H60/c1-17-22(20(3)4)24-23(30(16,27(10,11)12)25(24)21(5)6)19-29(15,26(7,8)9)28(13,14)18-2/h20-25H,17-19H2,1-16H3. The summed E-state index contributed by atoms with van der Waals surface area (Å²) in [5, 5.41) is 0. The molecule has 0 spiro atoms. The molecule has 0 saturated heterocycles. The van der Waals surface area contributed by atoms with Gasteiger partial charge in [0.2, 0.25) is 0 Å². The minimum Gasteiger partial charge on any atom is -0.0651 e. The molecule has 1 saturated carbocycles. The third kappa shape index (κ3) is 4.29. The van der Waals surface area contributed by atoms with Crippen molar-refractivity contribution in [3.63, 3.8) is 0 Å². The van der Waals surface area contributed by atoms with E-state index in [0.29, 0.717) is 21.7 Å². The lowest BCUT2D eigenvalue weighted by molar-refractivity contribution is -0.243. The Morgan fingerprint density at radius 1 is 0.800 bits per heavy atom. The molecule has 0 aromatic heterocycles. The molecule has 1 aliphatic carbocycles. The Labute approximate surface area is 192 Å². The topological polar surface area (TPSA) is 0 Å². The van der Waals surface area contributed by atoms with Crippen LogP contribution in [0.25, 0.3) is 0 Å². The molecule has 6 unspecified atom stereocenters. The summed E-state index contributed by atoms with van der Waals surface area (Å²) in [6, 6.07) is 0. The van der Waals surface area contributed by atoms with E-state index in [1.807, 2.05) is 0 Å².